The molecule has 1 atom stereocenters. The number of pyridine rings is 1. The van der Waals surface area contributed by atoms with Gasteiger partial charge in [0.25, 0.3) is 11.8 Å². The van der Waals surface area contributed by atoms with Gasteiger partial charge < -0.3 is 19.5 Å². The molecule has 0 spiro atoms. The van der Waals surface area contributed by atoms with Gasteiger partial charge in [-0.1, -0.05) is 23.4 Å². The van der Waals surface area contributed by atoms with Gasteiger partial charge >= 0.3 is 0 Å². The number of carbonyl (C=O) groups excluding carboxylic acids is 2. The molecule has 0 radical (unpaired) electrons. The Morgan fingerprint density at radius 3 is 2.78 bits per heavy atom. The van der Waals surface area contributed by atoms with Crippen molar-refractivity contribution in [3.63, 3.8) is 0 Å². The van der Waals surface area contributed by atoms with Crippen LogP contribution in [0.15, 0.2) is 40.9 Å². The summed E-state index contributed by atoms with van der Waals surface area (Å²) in [5.41, 5.74) is 2.23. The van der Waals surface area contributed by atoms with E-state index in [4.69, 9.17) is 14.2 Å². The summed E-state index contributed by atoms with van der Waals surface area (Å²) in [7, 11) is 0. The molecule has 2 aliphatic rings. The standard InChI is InChI=1S/C24H26N4O4/c1-14(2)25-23(29)17-11-19(26-18-6-4-3-5-16(17)18)22-13-28(9-10-31-22)24(30)20-12-21(32-27-20)15-7-8-15/h3-6,11-12,14-15,22H,7-10,13H2,1-2H3,(H,25,29)/t22-/m0/s1. The second-order valence-electron chi connectivity index (χ2n) is 8.74. The summed E-state index contributed by atoms with van der Waals surface area (Å²) < 4.78 is 11.3. The van der Waals surface area contributed by atoms with Crippen LogP contribution in [-0.4, -0.2) is 52.6 Å². The number of carbonyl (C=O) groups is 2. The van der Waals surface area contributed by atoms with Crippen LogP contribution in [0.5, 0.6) is 0 Å². The maximum Gasteiger partial charge on any atom is 0.276 e. The summed E-state index contributed by atoms with van der Waals surface area (Å²) in [6.07, 6.45) is 1.74. The van der Waals surface area contributed by atoms with Crippen LogP contribution in [0.1, 0.15) is 71.0 Å². The third-order valence-electron chi connectivity index (χ3n) is 5.81. The normalized spacial score (nSPS) is 18.8. The molecule has 2 fully saturated rings. The third kappa shape index (κ3) is 4.10. The Labute approximate surface area is 185 Å². The van der Waals surface area contributed by atoms with Gasteiger partial charge in [0.05, 0.1) is 29.9 Å². The molecule has 1 aromatic carbocycles. The fourth-order valence-corrected chi connectivity index (χ4v) is 4.01. The number of nitrogens with zero attached hydrogens (tertiary/aromatic N) is 3. The molecular weight excluding hydrogens is 408 g/mol. The Hall–Kier alpha value is -3.26. The highest BCUT2D eigenvalue weighted by atomic mass is 16.5. The highest BCUT2D eigenvalue weighted by molar-refractivity contribution is 6.06. The van der Waals surface area contributed by atoms with Crippen molar-refractivity contribution in [3.8, 4) is 0 Å². The van der Waals surface area contributed by atoms with Crippen LogP contribution in [0.4, 0.5) is 0 Å². The second-order valence-corrected chi connectivity index (χ2v) is 8.74. The molecular formula is C24H26N4O4. The fraction of sp³-hybridized carbons (Fsp3) is 0.417. The molecule has 0 bridgehead atoms. The van der Waals surface area contributed by atoms with Gasteiger partial charge in [-0.15, -0.1) is 0 Å². The van der Waals surface area contributed by atoms with Gasteiger partial charge in [0, 0.05) is 30.0 Å². The second kappa shape index (κ2) is 8.35. The van der Waals surface area contributed by atoms with Gasteiger partial charge in [0.2, 0.25) is 0 Å². The largest absolute Gasteiger partial charge is 0.368 e. The summed E-state index contributed by atoms with van der Waals surface area (Å²) in [5, 5.41) is 7.72. The van der Waals surface area contributed by atoms with Crippen LogP contribution >= 0.6 is 0 Å². The number of hydrogen-bond donors (Lipinski definition) is 1. The van der Waals surface area contributed by atoms with Crippen molar-refractivity contribution in [3.05, 3.63) is 59.1 Å². The lowest BCUT2D eigenvalue weighted by Crippen LogP contribution is -2.42. The molecule has 1 N–H and O–H groups in total. The van der Waals surface area contributed by atoms with Crippen molar-refractivity contribution < 1.29 is 18.8 Å². The highest BCUT2D eigenvalue weighted by Crippen LogP contribution is 2.40. The van der Waals surface area contributed by atoms with Gasteiger partial charge in [-0.2, -0.15) is 0 Å². The number of para-hydroxylation sites is 1. The van der Waals surface area contributed by atoms with Gasteiger partial charge in [-0.05, 0) is 38.8 Å². The predicted molar refractivity (Wildman–Crippen MR) is 117 cm³/mol. The minimum absolute atomic E-state index is 0.0138. The minimum atomic E-state index is -0.433. The van der Waals surface area contributed by atoms with Crippen LogP contribution in [0.25, 0.3) is 10.9 Å². The molecule has 1 saturated heterocycles. The van der Waals surface area contributed by atoms with E-state index in [1.807, 2.05) is 38.1 Å². The van der Waals surface area contributed by atoms with E-state index in [2.05, 4.69) is 10.5 Å². The van der Waals surface area contributed by atoms with Crippen LogP contribution in [0.2, 0.25) is 0 Å². The number of morpholine rings is 1. The monoisotopic (exact) mass is 434 g/mol. The van der Waals surface area contributed by atoms with E-state index in [1.165, 1.54) is 0 Å². The number of rotatable bonds is 5. The summed E-state index contributed by atoms with van der Waals surface area (Å²) in [5.74, 6) is 0.861. The Bertz CT molecular complexity index is 1170. The van der Waals surface area contributed by atoms with Gasteiger partial charge in [-0.3, -0.25) is 9.59 Å². The molecule has 1 aliphatic carbocycles. The molecule has 0 unspecified atom stereocenters. The summed E-state index contributed by atoms with van der Waals surface area (Å²) in [6, 6.07) is 11.1. The first-order chi connectivity index (χ1) is 15.5. The minimum Gasteiger partial charge on any atom is -0.368 e. The first-order valence-corrected chi connectivity index (χ1v) is 11.1. The van der Waals surface area contributed by atoms with Crippen molar-refractivity contribution in [1.82, 2.24) is 20.4 Å². The zero-order chi connectivity index (χ0) is 22.2. The van der Waals surface area contributed by atoms with E-state index in [-0.39, 0.29) is 17.9 Å². The Morgan fingerprint density at radius 2 is 2.00 bits per heavy atom. The number of benzene rings is 1. The quantitative estimate of drug-likeness (QED) is 0.661. The molecule has 8 heteroatoms. The van der Waals surface area contributed by atoms with E-state index in [9.17, 15) is 9.59 Å². The van der Waals surface area contributed by atoms with Gasteiger partial charge in [0.1, 0.15) is 11.9 Å². The van der Waals surface area contributed by atoms with Crippen molar-refractivity contribution in [1.29, 1.82) is 0 Å². The molecule has 1 saturated carbocycles. The van der Waals surface area contributed by atoms with E-state index in [0.29, 0.717) is 42.6 Å². The maximum atomic E-state index is 13.0. The number of ether oxygens (including phenoxy) is 1. The average Bonchev–Trinajstić information content (AvgIpc) is 3.54. The average molecular weight is 434 g/mol. The first kappa shape index (κ1) is 20.6. The van der Waals surface area contributed by atoms with Crippen LogP contribution < -0.4 is 5.32 Å². The number of fused-ring (bicyclic) bond motifs is 1. The first-order valence-electron chi connectivity index (χ1n) is 11.1. The molecule has 8 nitrogen and oxygen atoms in total. The zero-order valence-corrected chi connectivity index (χ0v) is 18.2. The fourth-order valence-electron chi connectivity index (χ4n) is 4.01. The van der Waals surface area contributed by atoms with E-state index >= 15 is 0 Å². The molecule has 5 rings (SSSR count). The van der Waals surface area contributed by atoms with Crippen molar-refractivity contribution in [2.45, 2.75) is 44.8 Å². The molecule has 32 heavy (non-hydrogen) atoms. The third-order valence-corrected chi connectivity index (χ3v) is 5.81. The number of hydrogen-bond acceptors (Lipinski definition) is 6. The summed E-state index contributed by atoms with van der Waals surface area (Å²) in [6.45, 7) is 5.03. The van der Waals surface area contributed by atoms with Crippen LogP contribution in [0, 0.1) is 0 Å². The lowest BCUT2D eigenvalue weighted by molar-refractivity contribution is -0.0249. The van der Waals surface area contributed by atoms with E-state index in [0.717, 1.165) is 29.5 Å². The summed E-state index contributed by atoms with van der Waals surface area (Å²) >= 11 is 0. The lowest BCUT2D eigenvalue weighted by Gasteiger charge is -2.32. The molecule has 166 valence electrons. The van der Waals surface area contributed by atoms with E-state index in [1.54, 1.807) is 17.0 Å². The summed E-state index contributed by atoms with van der Waals surface area (Å²) in [4.78, 5) is 32.3. The number of aromatic nitrogens is 2. The van der Waals surface area contributed by atoms with Crippen LogP contribution in [-0.2, 0) is 4.74 Å². The lowest BCUT2D eigenvalue weighted by atomic mass is 10.0. The molecule has 3 heterocycles. The molecule has 2 aromatic heterocycles. The van der Waals surface area contributed by atoms with Gasteiger partial charge in [-0.25, -0.2) is 4.98 Å². The number of amides is 2. The highest BCUT2D eigenvalue weighted by Gasteiger charge is 2.32. The molecule has 1 aliphatic heterocycles. The SMILES string of the molecule is CC(C)NC(=O)c1cc([C@@H]2CN(C(=O)c3cc(C4CC4)on3)CCO2)nc2ccccc12. The van der Waals surface area contributed by atoms with Gasteiger partial charge in [0.15, 0.2) is 5.69 Å². The van der Waals surface area contributed by atoms with Crippen molar-refractivity contribution in [2.75, 3.05) is 19.7 Å². The molecule has 3 aromatic rings. The maximum absolute atomic E-state index is 13.0. The van der Waals surface area contributed by atoms with Crippen molar-refractivity contribution >= 4 is 22.7 Å². The van der Waals surface area contributed by atoms with Crippen LogP contribution in [0.3, 0.4) is 0 Å². The zero-order valence-electron chi connectivity index (χ0n) is 18.2. The Morgan fingerprint density at radius 1 is 1.19 bits per heavy atom. The Balaban J connectivity index is 1.41. The van der Waals surface area contributed by atoms with E-state index < -0.39 is 6.10 Å². The van der Waals surface area contributed by atoms with Crippen molar-refractivity contribution in [2.24, 2.45) is 0 Å². The topological polar surface area (TPSA) is 97.6 Å². The molecule has 2 amide bonds. The smallest absolute Gasteiger partial charge is 0.276 e. The Kier molecular flexibility index (Phi) is 5.38. The predicted octanol–water partition coefficient (Wildman–Crippen LogP) is 3.45. The number of nitrogens with one attached hydrogen (secondary N) is 1.